The lowest BCUT2D eigenvalue weighted by Crippen LogP contribution is -2.22. The van der Waals surface area contributed by atoms with Crippen molar-refractivity contribution in [2.24, 2.45) is 5.10 Å². The molecule has 3 rings (SSSR count). The summed E-state index contributed by atoms with van der Waals surface area (Å²) in [4.78, 5) is 23.1. The van der Waals surface area contributed by atoms with Gasteiger partial charge in [0.2, 0.25) is 0 Å². The molecule has 6 nitrogen and oxygen atoms in total. The van der Waals surface area contributed by atoms with E-state index in [-0.39, 0.29) is 11.6 Å². The summed E-state index contributed by atoms with van der Waals surface area (Å²) in [6, 6.07) is 13.4. The lowest BCUT2D eigenvalue weighted by molar-refractivity contribution is -0.384. The summed E-state index contributed by atoms with van der Waals surface area (Å²) in [5.41, 5.74) is 1.49. The number of non-ortho nitro benzene ring substituents is 1. The highest BCUT2D eigenvalue weighted by Gasteiger charge is 2.32. The number of hydrazone groups is 1. The third kappa shape index (κ3) is 4.24. The molecule has 0 aliphatic carbocycles. The van der Waals surface area contributed by atoms with Gasteiger partial charge >= 0.3 is 0 Å². The van der Waals surface area contributed by atoms with Crippen LogP contribution < -0.4 is 0 Å². The molecule has 2 aromatic carbocycles. The van der Waals surface area contributed by atoms with Gasteiger partial charge in [0, 0.05) is 16.6 Å². The number of hydrogen-bond donors (Lipinski definition) is 0. The van der Waals surface area contributed by atoms with Gasteiger partial charge in [-0.25, -0.2) is 0 Å². The number of nitrogens with zero attached hydrogens (tertiary/aromatic N) is 3. The molecular weight excluding hydrogens is 438 g/mol. The molecule has 1 aliphatic rings. The van der Waals surface area contributed by atoms with Crippen LogP contribution >= 0.6 is 39.9 Å². The Morgan fingerprint density at radius 3 is 2.58 bits per heavy atom. The van der Waals surface area contributed by atoms with E-state index < -0.39 is 4.92 Å². The predicted molar refractivity (Wildman–Crippen MR) is 110 cm³/mol. The van der Waals surface area contributed by atoms with E-state index in [9.17, 15) is 14.9 Å². The van der Waals surface area contributed by atoms with Crippen molar-refractivity contribution in [3.63, 3.8) is 0 Å². The molecule has 2 aromatic rings. The van der Waals surface area contributed by atoms with Crippen LogP contribution in [0.15, 0.2) is 63.0 Å². The van der Waals surface area contributed by atoms with Gasteiger partial charge in [-0.1, -0.05) is 39.8 Å². The Morgan fingerprint density at radius 2 is 1.92 bits per heavy atom. The fourth-order valence-corrected chi connectivity index (χ4v) is 3.70. The third-order valence-corrected chi connectivity index (χ3v) is 5.12. The number of benzene rings is 2. The summed E-state index contributed by atoms with van der Waals surface area (Å²) in [7, 11) is 0. The molecule has 130 valence electrons. The zero-order valence-electron chi connectivity index (χ0n) is 13.0. The predicted octanol–water partition coefficient (Wildman–Crippen LogP) is 4.59. The Balaban J connectivity index is 1.78. The van der Waals surface area contributed by atoms with E-state index in [4.69, 9.17) is 12.2 Å². The number of rotatable bonds is 4. The van der Waals surface area contributed by atoms with Gasteiger partial charge in [-0.15, -0.1) is 0 Å². The number of carbonyl (C=O) groups is 1. The molecule has 1 amide bonds. The fraction of sp³-hybridized carbons (Fsp3) is 0. The summed E-state index contributed by atoms with van der Waals surface area (Å²) >= 11 is 9.74. The largest absolute Gasteiger partial charge is 0.286 e. The minimum absolute atomic E-state index is 0.00618. The monoisotopic (exact) mass is 447 g/mol. The highest BCUT2D eigenvalue weighted by molar-refractivity contribution is 9.10. The van der Waals surface area contributed by atoms with E-state index in [1.165, 1.54) is 12.1 Å². The highest BCUT2D eigenvalue weighted by Crippen LogP contribution is 2.33. The summed E-state index contributed by atoms with van der Waals surface area (Å²) in [5.74, 6) is -0.329. The second kappa shape index (κ2) is 7.90. The van der Waals surface area contributed by atoms with Gasteiger partial charge in [-0.3, -0.25) is 14.9 Å². The maximum absolute atomic E-state index is 12.5. The number of halogens is 1. The Labute approximate surface area is 166 Å². The lowest BCUT2D eigenvalue weighted by Gasteiger charge is -2.06. The standard InChI is InChI=1S/C17H10BrN3O3S2/c18-13-3-1-2-12(8-13)10-19-20-16(22)15(26-17(20)25)9-11-4-6-14(7-5-11)21(23)24/h1-10H/b15-9-,19-10-. The number of thiocarbonyl (C=S) groups is 1. The number of nitro groups is 1. The van der Waals surface area contributed by atoms with Gasteiger partial charge in [0.15, 0.2) is 4.32 Å². The molecule has 1 saturated heterocycles. The van der Waals surface area contributed by atoms with Gasteiger partial charge in [0.1, 0.15) is 0 Å². The van der Waals surface area contributed by atoms with Crippen molar-refractivity contribution in [1.82, 2.24) is 5.01 Å². The van der Waals surface area contributed by atoms with Gasteiger partial charge in [0.05, 0.1) is 16.0 Å². The SMILES string of the molecule is O=C1/C(=C/c2ccc([N+](=O)[O-])cc2)SC(=S)N1/N=C\c1cccc(Br)c1. The minimum atomic E-state index is -0.472. The zero-order chi connectivity index (χ0) is 18.7. The first kappa shape index (κ1) is 18.4. The third-order valence-electron chi connectivity index (χ3n) is 3.35. The molecule has 1 fully saturated rings. The van der Waals surface area contributed by atoms with Crippen molar-refractivity contribution < 1.29 is 9.72 Å². The average Bonchev–Trinajstić information content (AvgIpc) is 2.87. The summed E-state index contributed by atoms with van der Waals surface area (Å²) in [5, 5.41) is 16.0. The normalized spacial score (nSPS) is 16.0. The first-order valence-corrected chi connectivity index (χ1v) is 9.28. The van der Waals surface area contributed by atoms with Gasteiger partial charge < -0.3 is 0 Å². The molecule has 0 N–H and O–H groups in total. The molecule has 0 atom stereocenters. The first-order chi connectivity index (χ1) is 12.4. The number of nitro benzene ring substituents is 1. The van der Waals surface area contributed by atoms with Crippen LogP contribution in [0, 0.1) is 10.1 Å². The molecule has 0 bridgehead atoms. The van der Waals surface area contributed by atoms with Crippen LogP contribution in [0.2, 0.25) is 0 Å². The Kier molecular flexibility index (Phi) is 5.60. The number of thioether (sulfide) groups is 1. The van der Waals surface area contributed by atoms with Crippen LogP contribution in [0.25, 0.3) is 6.08 Å². The number of amides is 1. The van der Waals surface area contributed by atoms with Crippen LogP contribution in [-0.4, -0.2) is 26.4 Å². The van der Waals surface area contributed by atoms with E-state index in [0.717, 1.165) is 26.8 Å². The van der Waals surface area contributed by atoms with E-state index >= 15 is 0 Å². The zero-order valence-corrected chi connectivity index (χ0v) is 16.3. The molecule has 9 heteroatoms. The molecular formula is C17H10BrN3O3S2. The van der Waals surface area contributed by atoms with Crippen LogP contribution in [0.3, 0.4) is 0 Å². The molecule has 1 heterocycles. The maximum Gasteiger partial charge on any atom is 0.286 e. The molecule has 0 spiro atoms. The van der Waals surface area contributed by atoms with Crippen LogP contribution in [0.4, 0.5) is 5.69 Å². The van der Waals surface area contributed by atoms with Crippen molar-refractivity contribution in [2.45, 2.75) is 0 Å². The minimum Gasteiger partial charge on any atom is -0.266 e. The Bertz CT molecular complexity index is 958. The molecule has 26 heavy (non-hydrogen) atoms. The van der Waals surface area contributed by atoms with Crippen molar-refractivity contribution in [3.05, 3.63) is 79.2 Å². The summed E-state index contributed by atoms with van der Waals surface area (Å²) in [6.07, 6.45) is 3.20. The van der Waals surface area contributed by atoms with E-state index in [2.05, 4.69) is 21.0 Å². The molecule has 0 radical (unpaired) electrons. The van der Waals surface area contributed by atoms with Crippen LogP contribution in [0.1, 0.15) is 11.1 Å². The maximum atomic E-state index is 12.5. The first-order valence-electron chi connectivity index (χ1n) is 7.26. The van der Waals surface area contributed by atoms with Crippen molar-refractivity contribution in [1.29, 1.82) is 0 Å². The second-order valence-electron chi connectivity index (χ2n) is 5.14. The van der Waals surface area contributed by atoms with E-state index in [1.807, 2.05) is 24.3 Å². The Morgan fingerprint density at radius 1 is 1.19 bits per heavy atom. The van der Waals surface area contributed by atoms with E-state index in [0.29, 0.717) is 14.8 Å². The molecule has 0 unspecified atom stereocenters. The summed E-state index contributed by atoms with van der Waals surface area (Å²) in [6.45, 7) is 0. The van der Waals surface area contributed by atoms with Crippen molar-refractivity contribution in [2.75, 3.05) is 0 Å². The Hall–Kier alpha value is -2.36. The second-order valence-corrected chi connectivity index (χ2v) is 7.73. The highest BCUT2D eigenvalue weighted by atomic mass is 79.9. The topological polar surface area (TPSA) is 75.8 Å². The fourth-order valence-electron chi connectivity index (χ4n) is 2.11. The number of carbonyl (C=O) groups excluding carboxylic acids is 1. The molecule has 0 saturated carbocycles. The van der Waals surface area contributed by atoms with Crippen molar-refractivity contribution in [3.8, 4) is 0 Å². The van der Waals surface area contributed by atoms with E-state index in [1.54, 1.807) is 24.4 Å². The van der Waals surface area contributed by atoms with Gasteiger partial charge in [0.25, 0.3) is 11.6 Å². The number of hydrogen-bond acceptors (Lipinski definition) is 6. The molecule has 1 aliphatic heterocycles. The van der Waals surface area contributed by atoms with Crippen molar-refractivity contribution >= 4 is 68.1 Å². The van der Waals surface area contributed by atoms with Crippen LogP contribution in [0.5, 0.6) is 0 Å². The average molecular weight is 448 g/mol. The smallest absolute Gasteiger partial charge is 0.266 e. The van der Waals surface area contributed by atoms with Gasteiger partial charge in [-0.2, -0.15) is 10.1 Å². The molecule has 0 aromatic heterocycles. The van der Waals surface area contributed by atoms with Gasteiger partial charge in [-0.05, 0) is 53.7 Å². The quantitative estimate of drug-likeness (QED) is 0.225. The lowest BCUT2D eigenvalue weighted by atomic mass is 10.2. The van der Waals surface area contributed by atoms with Crippen LogP contribution in [-0.2, 0) is 4.79 Å². The summed E-state index contributed by atoms with van der Waals surface area (Å²) < 4.78 is 1.24.